The average Bonchev–Trinajstić information content (AvgIpc) is 3.03. The fraction of sp³-hybridized carbons (Fsp3) is 0.545. The lowest BCUT2D eigenvalue weighted by Gasteiger charge is -2.34. The van der Waals surface area contributed by atoms with Crippen molar-refractivity contribution >= 4 is 11.6 Å². The lowest BCUT2D eigenvalue weighted by molar-refractivity contribution is -0.139. The van der Waals surface area contributed by atoms with E-state index >= 15 is 0 Å². The van der Waals surface area contributed by atoms with E-state index in [0.29, 0.717) is 19.0 Å². The van der Waals surface area contributed by atoms with Crippen LogP contribution < -0.4 is 0 Å². The highest BCUT2D eigenvalue weighted by Gasteiger charge is 2.72. The molecule has 0 N–H and O–H groups in total. The molecule has 4 atom stereocenters. The van der Waals surface area contributed by atoms with Gasteiger partial charge in [0, 0.05) is 0 Å². The number of methoxy groups -OCH3 is 1. The predicted molar refractivity (Wildman–Crippen MR) is 97.1 cm³/mol. The van der Waals surface area contributed by atoms with Crippen LogP contribution in [0.15, 0.2) is 42.2 Å². The Bertz CT molecular complexity index is 764. The first-order chi connectivity index (χ1) is 12.4. The second-order valence-corrected chi connectivity index (χ2v) is 8.46. The van der Waals surface area contributed by atoms with Crippen LogP contribution in [0.2, 0.25) is 0 Å². The third kappa shape index (κ3) is 2.24. The molecule has 4 rings (SSSR count). The summed E-state index contributed by atoms with van der Waals surface area (Å²) in [5.41, 5.74) is 0.186. The molecule has 0 radical (unpaired) electrons. The van der Waals surface area contributed by atoms with Gasteiger partial charge < -0.3 is 9.47 Å². The fourth-order valence-electron chi connectivity index (χ4n) is 5.73. The van der Waals surface area contributed by atoms with E-state index in [4.69, 9.17) is 9.47 Å². The number of fused-ring (bicyclic) bond motifs is 1. The summed E-state index contributed by atoms with van der Waals surface area (Å²) in [6.45, 7) is 5.21. The van der Waals surface area contributed by atoms with Gasteiger partial charge in [-0.25, -0.2) is 0 Å². The van der Waals surface area contributed by atoms with E-state index in [1.807, 2.05) is 36.4 Å². The van der Waals surface area contributed by atoms with E-state index in [-0.39, 0.29) is 28.8 Å². The molecule has 1 spiro atoms. The van der Waals surface area contributed by atoms with E-state index in [9.17, 15) is 9.59 Å². The van der Waals surface area contributed by atoms with E-state index in [1.165, 1.54) is 7.11 Å². The number of rotatable bonds is 5. The summed E-state index contributed by atoms with van der Waals surface area (Å²) in [6.07, 6.45) is 3.75. The number of benzene rings is 1. The van der Waals surface area contributed by atoms with E-state index < -0.39 is 11.3 Å². The molecular formula is C22H26O4. The lowest BCUT2D eigenvalue weighted by atomic mass is 9.69. The third-order valence-corrected chi connectivity index (χ3v) is 6.91. The van der Waals surface area contributed by atoms with Crippen molar-refractivity contribution in [3.05, 3.63) is 47.7 Å². The number of hydrogen-bond acceptors (Lipinski definition) is 4. The number of carbonyl (C=O) groups excluding carboxylic acids is 2. The van der Waals surface area contributed by atoms with Gasteiger partial charge in [-0.3, -0.25) is 9.59 Å². The molecule has 0 heterocycles. The summed E-state index contributed by atoms with van der Waals surface area (Å²) in [6, 6.07) is 10.1. The van der Waals surface area contributed by atoms with E-state index in [1.54, 1.807) is 0 Å². The molecule has 1 aromatic rings. The summed E-state index contributed by atoms with van der Waals surface area (Å²) in [5, 5.41) is 0. The Morgan fingerprint density at radius 2 is 1.85 bits per heavy atom. The van der Waals surface area contributed by atoms with E-state index in [0.717, 1.165) is 18.4 Å². The van der Waals surface area contributed by atoms with Crippen LogP contribution >= 0.6 is 0 Å². The van der Waals surface area contributed by atoms with Gasteiger partial charge in [-0.15, -0.1) is 0 Å². The zero-order valence-electron chi connectivity index (χ0n) is 15.7. The van der Waals surface area contributed by atoms with Gasteiger partial charge in [0.05, 0.1) is 31.7 Å². The summed E-state index contributed by atoms with van der Waals surface area (Å²) >= 11 is 0. The molecule has 4 heteroatoms. The van der Waals surface area contributed by atoms with Crippen LogP contribution in [0.3, 0.4) is 0 Å². The maximum atomic E-state index is 13.3. The Kier molecular flexibility index (Phi) is 4.07. The number of allylic oxidation sites excluding steroid dienone is 2. The van der Waals surface area contributed by atoms with Crippen LogP contribution in [0.5, 0.6) is 0 Å². The Morgan fingerprint density at radius 1 is 1.12 bits per heavy atom. The molecule has 0 saturated heterocycles. The quantitative estimate of drug-likeness (QED) is 0.759. The Labute approximate surface area is 154 Å². The number of Topliss-reactive ketones (excluding diaryl/α,β-unsaturated/α-hetero) is 2. The maximum absolute atomic E-state index is 13.3. The maximum Gasteiger partial charge on any atom is 0.208 e. The van der Waals surface area contributed by atoms with Gasteiger partial charge in [-0.2, -0.15) is 0 Å². The van der Waals surface area contributed by atoms with Gasteiger partial charge in [0.1, 0.15) is 0 Å². The highest BCUT2D eigenvalue weighted by molar-refractivity contribution is 6.17. The van der Waals surface area contributed by atoms with Gasteiger partial charge in [-0.05, 0) is 41.7 Å². The van der Waals surface area contributed by atoms with Crippen LogP contribution in [0.4, 0.5) is 0 Å². The zero-order valence-corrected chi connectivity index (χ0v) is 15.7. The van der Waals surface area contributed by atoms with Crippen molar-refractivity contribution in [3.8, 4) is 0 Å². The van der Waals surface area contributed by atoms with Gasteiger partial charge in [-0.1, -0.05) is 44.2 Å². The molecule has 0 aliphatic heterocycles. The minimum absolute atomic E-state index is 0.0871. The molecule has 4 nitrogen and oxygen atoms in total. The number of hydrogen-bond donors (Lipinski definition) is 0. The molecule has 0 amide bonds. The predicted octanol–water partition coefficient (Wildman–Crippen LogP) is 3.55. The highest BCUT2D eigenvalue weighted by atomic mass is 16.5. The van der Waals surface area contributed by atoms with Crippen molar-refractivity contribution in [1.29, 1.82) is 0 Å². The van der Waals surface area contributed by atoms with Crippen molar-refractivity contribution < 1.29 is 19.1 Å². The molecule has 2 bridgehead atoms. The zero-order chi connectivity index (χ0) is 18.5. The van der Waals surface area contributed by atoms with Gasteiger partial charge in [0.2, 0.25) is 5.78 Å². The smallest absolute Gasteiger partial charge is 0.208 e. The number of ketones is 2. The normalized spacial score (nSPS) is 34.6. The van der Waals surface area contributed by atoms with Gasteiger partial charge in [0.25, 0.3) is 0 Å². The molecule has 2 saturated carbocycles. The molecular weight excluding hydrogens is 328 g/mol. The highest BCUT2D eigenvalue weighted by Crippen LogP contribution is 2.67. The van der Waals surface area contributed by atoms with Crippen molar-refractivity contribution in [2.24, 2.45) is 28.6 Å². The molecule has 1 unspecified atom stereocenters. The fourth-order valence-corrected chi connectivity index (χ4v) is 5.73. The van der Waals surface area contributed by atoms with Crippen molar-refractivity contribution in [1.82, 2.24) is 0 Å². The third-order valence-electron chi connectivity index (χ3n) is 6.91. The first-order valence-electron chi connectivity index (χ1n) is 9.40. The number of carbonyl (C=O) groups is 2. The summed E-state index contributed by atoms with van der Waals surface area (Å²) < 4.78 is 11.4. The standard InChI is InChI=1S/C22H26O4/c1-21(2)17-10-9-15(13-26-12-14-7-5-4-6-8-14)22(17)11-16(25-3)19(23)18(21)20(22)24/h4-8,11,15,17-18H,9-10,12-13H2,1-3H3/t15-,17?,18+,22-/m1/s1. The molecule has 138 valence electrons. The minimum Gasteiger partial charge on any atom is -0.493 e. The van der Waals surface area contributed by atoms with Crippen molar-refractivity contribution in [2.45, 2.75) is 33.3 Å². The van der Waals surface area contributed by atoms with Crippen molar-refractivity contribution in [3.63, 3.8) is 0 Å². The van der Waals surface area contributed by atoms with Crippen molar-refractivity contribution in [2.75, 3.05) is 13.7 Å². The largest absolute Gasteiger partial charge is 0.493 e. The van der Waals surface area contributed by atoms with Gasteiger partial charge in [0.15, 0.2) is 11.5 Å². The molecule has 3 aliphatic carbocycles. The molecule has 26 heavy (non-hydrogen) atoms. The summed E-state index contributed by atoms with van der Waals surface area (Å²) in [4.78, 5) is 26.1. The minimum atomic E-state index is -0.607. The second-order valence-electron chi connectivity index (χ2n) is 8.46. The molecule has 0 aromatic heterocycles. The van der Waals surface area contributed by atoms with Crippen LogP contribution in [0.25, 0.3) is 0 Å². The molecule has 2 fully saturated rings. The monoisotopic (exact) mass is 354 g/mol. The topological polar surface area (TPSA) is 52.6 Å². The first kappa shape index (κ1) is 17.5. The summed E-state index contributed by atoms with van der Waals surface area (Å²) in [5.74, 6) is 0.000704. The molecule has 1 aromatic carbocycles. The van der Waals surface area contributed by atoms with E-state index in [2.05, 4.69) is 13.8 Å². The lowest BCUT2D eigenvalue weighted by Crippen LogP contribution is -2.43. The van der Waals surface area contributed by atoms with Crippen LogP contribution in [-0.2, 0) is 25.7 Å². The SMILES string of the molecule is COC1=C[C@]23C(=O)[C@H](C1=O)C(C)(C)C2CC[C@@H]3COCc1ccccc1. The van der Waals surface area contributed by atoms with Crippen LogP contribution in [0, 0.1) is 28.6 Å². The molecule has 3 aliphatic rings. The summed E-state index contributed by atoms with van der Waals surface area (Å²) in [7, 11) is 1.52. The number of ether oxygens (including phenoxy) is 2. The van der Waals surface area contributed by atoms with Crippen LogP contribution in [-0.4, -0.2) is 25.3 Å². The average molecular weight is 354 g/mol. The second kappa shape index (κ2) is 6.05. The first-order valence-corrected chi connectivity index (χ1v) is 9.40. The van der Waals surface area contributed by atoms with Crippen LogP contribution in [0.1, 0.15) is 32.3 Å². The Balaban J connectivity index is 1.61. The Morgan fingerprint density at radius 3 is 2.54 bits per heavy atom. The van der Waals surface area contributed by atoms with Gasteiger partial charge >= 0.3 is 0 Å². The Hall–Kier alpha value is -1.94.